The summed E-state index contributed by atoms with van der Waals surface area (Å²) in [6.45, 7) is 4.68. The van der Waals surface area contributed by atoms with Gasteiger partial charge in [-0.15, -0.1) is 0 Å². The van der Waals surface area contributed by atoms with Crippen LogP contribution in [0, 0.1) is 6.92 Å². The van der Waals surface area contributed by atoms with Crippen molar-refractivity contribution in [3.8, 4) is 0 Å². The van der Waals surface area contributed by atoms with E-state index in [1.807, 2.05) is 31.2 Å². The van der Waals surface area contributed by atoms with E-state index in [2.05, 4.69) is 72.8 Å². The fraction of sp³-hybridized carbons (Fsp3) is 0.296. The zero-order valence-corrected chi connectivity index (χ0v) is 18.7. The summed E-state index contributed by atoms with van der Waals surface area (Å²) in [5, 5.41) is 3.21. The highest BCUT2D eigenvalue weighted by Gasteiger charge is 2.29. The molecule has 0 aliphatic carbocycles. The second kappa shape index (κ2) is 9.36. The summed E-state index contributed by atoms with van der Waals surface area (Å²) in [5.41, 5.74) is 7.15. The minimum absolute atomic E-state index is 0.00424. The molecule has 1 aliphatic rings. The Kier molecular flexibility index (Phi) is 6.38. The van der Waals surface area contributed by atoms with E-state index in [-0.39, 0.29) is 11.9 Å². The topological polar surface area (TPSA) is 36.8 Å². The van der Waals surface area contributed by atoms with Crippen LogP contribution in [0.1, 0.15) is 38.7 Å². The van der Waals surface area contributed by atoms with Crippen LogP contribution in [0.3, 0.4) is 0 Å². The van der Waals surface area contributed by atoms with Crippen LogP contribution in [0.5, 0.6) is 0 Å². The largest absolute Gasteiger partial charge is 0.378 e. The smallest absolute Gasteiger partial charge is 0.251 e. The predicted octanol–water partition coefficient (Wildman–Crippen LogP) is 3.17. The second-order valence-corrected chi connectivity index (χ2v) is 8.72. The Hall–Kier alpha value is -3.11. The molecule has 0 saturated carbocycles. The normalized spacial score (nSPS) is 16.3. The number of nitrogens with zero attached hydrogens (tertiary/aromatic N) is 1. The minimum atomic E-state index is -0.00424. The van der Waals surface area contributed by atoms with Crippen LogP contribution in [0.25, 0.3) is 0 Å². The molecule has 31 heavy (non-hydrogen) atoms. The molecule has 1 unspecified atom stereocenters. The van der Waals surface area contributed by atoms with Crippen LogP contribution < -0.4 is 15.1 Å². The molecule has 0 spiro atoms. The number of carbonyl (C=O) groups excluding carboxylic acids is 1. The van der Waals surface area contributed by atoms with Crippen LogP contribution in [-0.2, 0) is 13.0 Å². The molecule has 3 aromatic rings. The van der Waals surface area contributed by atoms with E-state index in [1.54, 1.807) is 0 Å². The molecule has 160 valence electrons. The van der Waals surface area contributed by atoms with Crippen LogP contribution >= 0.6 is 0 Å². The van der Waals surface area contributed by atoms with Crippen molar-refractivity contribution in [2.24, 2.45) is 0 Å². The van der Waals surface area contributed by atoms with Gasteiger partial charge in [-0.25, -0.2) is 0 Å². The molecule has 4 rings (SSSR count). The van der Waals surface area contributed by atoms with Crippen LogP contribution in [-0.4, -0.2) is 33.1 Å². The Balaban J connectivity index is 1.56. The molecule has 1 amide bonds. The lowest BCUT2D eigenvalue weighted by Crippen LogP contribution is -3.12. The number of carbonyl (C=O) groups is 1. The van der Waals surface area contributed by atoms with Gasteiger partial charge in [-0.05, 0) is 36.8 Å². The summed E-state index contributed by atoms with van der Waals surface area (Å²) in [7, 11) is 4.11. The Bertz CT molecular complexity index is 1040. The Labute approximate surface area is 185 Å². The monoisotopic (exact) mass is 414 g/mol. The van der Waals surface area contributed by atoms with E-state index in [0.29, 0.717) is 6.54 Å². The molecular formula is C27H32N3O+. The van der Waals surface area contributed by atoms with Gasteiger partial charge >= 0.3 is 0 Å². The number of hydrogen-bond donors (Lipinski definition) is 2. The zero-order valence-electron chi connectivity index (χ0n) is 18.7. The van der Waals surface area contributed by atoms with E-state index < -0.39 is 0 Å². The fourth-order valence-corrected chi connectivity index (χ4v) is 4.49. The van der Waals surface area contributed by atoms with Crippen molar-refractivity contribution in [1.29, 1.82) is 0 Å². The molecule has 4 heteroatoms. The predicted molar refractivity (Wildman–Crippen MR) is 127 cm³/mol. The summed E-state index contributed by atoms with van der Waals surface area (Å²) in [6, 6.07) is 25.5. The van der Waals surface area contributed by atoms with Gasteiger partial charge in [0, 0.05) is 42.9 Å². The van der Waals surface area contributed by atoms with Gasteiger partial charge in [-0.3, -0.25) is 4.79 Å². The number of nitrogens with one attached hydrogen (secondary N) is 2. The third kappa shape index (κ3) is 4.97. The van der Waals surface area contributed by atoms with Crippen LogP contribution in [0.2, 0.25) is 0 Å². The Morgan fingerprint density at radius 2 is 1.74 bits per heavy atom. The lowest BCUT2D eigenvalue weighted by Gasteiger charge is -2.33. The number of aryl methyl sites for hydroxylation is 1. The highest BCUT2D eigenvalue weighted by molar-refractivity contribution is 5.94. The minimum Gasteiger partial charge on any atom is -0.378 e. The van der Waals surface area contributed by atoms with Crippen molar-refractivity contribution < 1.29 is 9.69 Å². The van der Waals surface area contributed by atoms with Crippen molar-refractivity contribution in [1.82, 2.24) is 5.32 Å². The van der Waals surface area contributed by atoms with E-state index in [4.69, 9.17) is 0 Å². The van der Waals surface area contributed by atoms with Gasteiger partial charge in [0.05, 0.1) is 13.1 Å². The van der Waals surface area contributed by atoms with Gasteiger partial charge in [0.1, 0.15) is 12.6 Å². The number of fused-ring (bicyclic) bond motifs is 1. The molecule has 0 aromatic heterocycles. The summed E-state index contributed by atoms with van der Waals surface area (Å²) < 4.78 is 0. The third-order valence-corrected chi connectivity index (χ3v) is 6.30. The average Bonchev–Trinajstić information content (AvgIpc) is 2.79. The highest BCUT2D eigenvalue weighted by Crippen LogP contribution is 2.19. The maximum atomic E-state index is 12.8. The SMILES string of the molecule is Cc1cccc(C(=O)NC[C@H](c2ccc(N(C)C)cc2)[NH+]2CCc3ccccc3C2)c1. The third-order valence-electron chi connectivity index (χ3n) is 6.30. The first kappa shape index (κ1) is 21.1. The zero-order chi connectivity index (χ0) is 21.8. The molecule has 1 heterocycles. The van der Waals surface area contributed by atoms with Crippen LogP contribution in [0.15, 0.2) is 72.8 Å². The summed E-state index contributed by atoms with van der Waals surface area (Å²) in [5.74, 6) is -0.00424. The van der Waals surface area contributed by atoms with Crippen molar-refractivity contribution >= 4 is 11.6 Å². The van der Waals surface area contributed by atoms with Gasteiger partial charge in [-0.1, -0.05) is 54.1 Å². The quantitative estimate of drug-likeness (QED) is 0.650. The first-order valence-electron chi connectivity index (χ1n) is 11.0. The number of anilines is 1. The molecule has 0 radical (unpaired) electrons. The number of hydrogen-bond acceptors (Lipinski definition) is 2. The number of rotatable bonds is 6. The molecule has 3 aromatic carbocycles. The van der Waals surface area contributed by atoms with Crippen molar-refractivity contribution in [2.45, 2.75) is 25.9 Å². The maximum Gasteiger partial charge on any atom is 0.251 e. The first-order valence-corrected chi connectivity index (χ1v) is 11.0. The van der Waals surface area contributed by atoms with E-state index in [9.17, 15) is 4.79 Å². The molecule has 0 saturated heterocycles. The summed E-state index contributed by atoms with van der Waals surface area (Å²) in [4.78, 5) is 16.4. The highest BCUT2D eigenvalue weighted by atomic mass is 16.1. The maximum absolute atomic E-state index is 12.8. The summed E-state index contributed by atoms with van der Waals surface area (Å²) in [6.07, 6.45) is 1.07. The molecule has 0 fully saturated rings. The average molecular weight is 415 g/mol. The molecule has 4 nitrogen and oxygen atoms in total. The lowest BCUT2D eigenvalue weighted by atomic mass is 9.96. The number of amides is 1. The first-order chi connectivity index (χ1) is 15.0. The Morgan fingerprint density at radius 1 is 1.00 bits per heavy atom. The van der Waals surface area contributed by atoms with Crippen molar-refractivity contribution in [2.75, 3.05) is 32.1 Å². The molecule has 2 atom stereocenters. The Morgan fingerprint density at radius 3 is 2.45 bits per heavy atom. The summed E-state index contributed by atoms with van der Waals surface area (Å²) >= 11 is 0. The standard InChI is InChI=1S/C27H31N3O/c1-20-7-6-10-23(17-20)27(31)28-18-26(22-11-13-25(14-12-22)29(2)3)30-16-15-21-8-4-5-9-24(21)19-30/h4-14,17,26H,15-16,18-19H2,1-3H3,(H,28,31)/p+1/t26-/m1/s1. The van der Waals surface area contributed by atoms with Crippen LogP contribution in [0.4, 0.5) is 5.69 Å². The van der Waals surface area contributed by atoms with E-state index >= 15 is 0 Å². The molecule has 0 bridgehead atoms. The van der Waals surface area contributed by atoms with Gasteiger partial charge in [-0.2, -0.15) is 0 Å². The van der Waals surface area contributed by atoms with E-state index in [0.717, 1.165) is 30.6 Å². The fourth-order valence-electron chi connectivity index (χ4n) is 4.49. The van der Waals surface area contributed by atoms with Crippen molar-refractivity contribution in [3.63, 3.8) is 0 Å². The van der Waals surface area contributed by atoms with Gasteiger partial charge < -0.3 is 15.1 Å². The van der Waals surface area contributed by atoms with Gasteiger partial charge in [0.15, 0.2) is 0 Å². The molecular weight excluding hydrogens is 382 g/mol. The lowest BCUT2D eigenvalue weighted by molar-refractivity contribution is -0.945. The van der Waals surface area contributed by atoms with Crippen molar-refractivity contribution in [3.05, 3.63) is 101 Å². The molecule has 2 N–H and O–H groups in total. The second-order valence-electron chi connectivity index (χ2n) is 8.72. The number of quaternary nitrogens is 1. The molecule has 1 aliphatic heterocycles. The van der Waals surface area contributed by atoms with E-state index in [1.165, 1.54) is 27.3 Å². The van der Waals surface area contributed by atoms with Gasteiger partial charge in [0.25, 0.3) is 5.91 Å². The number of benzene rings is 3. The van der Waals surface area contributed by atoms with Gasteiger partial charge in [0.2, 0.25) is 0 Å².